The summed E-state index contributed by atoms with van der Waals surface area (Å²) in [6.45, 7) is 5.04. The average Bonchev–Trinajstić information content (AvgIpc) is 2.29. The summed E-state index contributed by atoms with van der Waals surface area (Å²) in [7, 11) is 0. The number of carbonyl (C=O) groups excluding carboxylic acids is 2. The van der Waals surface area contributed by atoms with Crippen LogP contribution in [0.1, 0.15) is 52.9 Å². The van der Waals surface area contributed by atoms with Gasteiger partial charge in [-0.3, -0.25) is 4.79 Å². The van der Waals surface area contributed by atoms with E-state index in [1.807, 2.05) is 0 Å². The lowest BCUT2D eigenvalue weighted by molar-refractivity contribution is -0.172. The van der Waals surface area contributed by atoms with Gasteiger partial charge in [0.25, 0.3) is 0 Å². The first-order valence-electron chi connectivity index (χ1n) is 6.41. The van der Waals surface area contributed by atoms with E-state index in [2.05, 4.69) is 0 Å². The first-order valence-corrected chi connectivity index (χ1v) is 6.41. The maximum atomic E-state index is 11.7. The summed E-state index contributed by atoms with van der Waals surface area (Å²) in [6.07, 6.45) is 4.50. The van der Waals surface area contributed by atoms with Gasteiger partial charge in [-0.15, -0.1) is 0 Å². The van der Waals surface area contributed by atoms with Gasteiger partial charge in [0, 0.05) is 0 Å². The minimum absolute atomic E-state index is 0.0106. The molecule has 0 aromatic rings. The van der Waals surface area contributed by atoms with Crippen LogP contribution in [-0.2, 0) is 19.1 Å². The summed E-state index contributed by atoms with van der Waals surface area (Å²) in [5.41, 5.74) is 0. The van der Waals surface area contributed by atoms with E-state index in [4.69, 9.17) is 9.47 Å². The normalized spacial score (nSPS) is 18.8. The van der Waals surface area contributed by atoms with Gasteiger partial charge in [0.2, 0.25) is 0 Å². The summed E-state index contributed by atoms with van der Waals surface area (Å²) in [6, 6.07) is 0. The Hall–Kier alpha value is -1.06. The molecule has 1 unspecified atom stereocenters. The second-order valence-corrected chi connectivity index (χ2v) is 4.93. The van der Waals surface area contributed by atoms with Crippen molar-refractivity contribution in [1.29, 1.82) is 0 Å². The van der Waals surface area contributed by atoms with E-state index < -0.39 is 12.1 Å². The maximum Gasteiger partial charge on any atom is 0.347 e. The highest BCUT2D eigenvalue weighted by Gasteiger charge is 2.24. The van der Waals surface area contributed by atoms with Crippen LogP contribution in [0.4, 0.5) is 0 Å². The lowest BCUT2D eigenvalue weighted by Crippen LogP contribution is -2.31. The zero-order chi connectivity index (χ0) is 12.8. The van der Waals surface area contributed by atoms with Gasteiger partial charge in [-0.2, -0.15) is 0 Å². The molecule has 4 heteroatoms. The predicted molar refractivity (Wildman–Crippen MR) is 63.4 cm³/mol. The molecule has 0 aliphatic heterocycles. The van der Waals surface area contributed by atoms with Gasteiger partial charge in [0.05, 0.1) is 5.92 Å². The quantitative estimate of drug-likeness (QED) is 0.710. The molecule has 1 aliphatic rings. The van der Waals surface area contributed by atoms with Crippen LogP contribution >= 0.6 is 0 Å². The molecule has 0 saturated heterocycles. The van der Waals surface area contributed by atoms with Crippen molar-refractivity contribution < 1.29 is 19.1 Å². The Kier molecular flexibility index (Phi) is 5.45. The van der Waals surface area contributed by atoms with E-state index in [1.54, 1.807) is 20.8 Å². The van der Waals surface area contributed by atoms with Gasteiger partial charge in [-0.25, -0.2) is 4.79 Å². The van der Waals surface area contributed by atoms with Gasteiger partial charge < -0.3 is 9.47 Å². The zero-order valence-corrected chi connectivity index (χ0v) is 10.9. The number of ether oxygens (including phenoxy) is 2. The fourth-order valence-electron chi connectivity index (χ4n) is 1.80. The van der Waals surface area contributed by atoms with Gasteiger partial charge in [-0.05, 0) is 32.6 Å². The van der Waals surface area contributed by atoms with E-state index >= 15 is 0 Å². The number of hydrogen-bond acceptors (Lipinski definition) is 4. The summed E-state index contributed by atoms with van der Waals surface area (Å²) in [5.74, 6) is -1.01. The van der Waals surface area contributed by atoms with E-state index in [0.717, 1.165) is 25.7 Å². The molecule has 4 nitrogen and oxygen atoms in total. The number of hydrogen-bond donors (Lipinski definition) is 0. The SMILES string of the molecule is CC(C)C(=O)OC(C)C(=O)OC1CCCCC1. The standard InChI is InChI=1S/C13H22O4/c1-9(2)12(14)16-10(3)13(15)17-11-7-5-4-6-8-11/h9-11H,4-8H2,1-3H3. The molecule has 1 rings (SSSR count). The topological polar surface area (TPSA) is 52.6 Å². The minimum Gasteiger partial charge on any atom is -0.460 e. The van der Waals surface area contributed by atoms with E-state index in [9.17, 15) is 9.59 Å². The molecule has 0 N–H and O–H groups in total. The molecular formula is C13H22O4. The molecule has 17 heavy (non-hydrogen) atoms. The third-order valence-corrected chi connectivity index (χ3v) is 2.93. The highest BCUT2D eigenvalue weighted by molar-refractivity contribution is 5.79. The minimum atomic E-state index is -0.799. The molecule has 1 atom stereocenters. The van der Waals surface area contributed by atoms with Crippen LogP contribution in [0.15, 0.2) is 0 Å². The third kappa shape index (κ3) is 4.75. The molecule has 0 radical (unpaired) electrons. The molecule has 1 fully saturated rings. The van der Waals surface area contributed by atoms with Crippen LogP contribution in [0.5, 0.6) is 0 Å². The summed E-state index contributed by atoms with van der Waals surface area (Å²) >= 11 is 0. The predicted octanol–water partition coefficient (Wildman–Crippen LogP) is 2.45. The van der Waals surface area contributed by atoms with Crippen LogP contribution in [0.2, 0.25) is 0 Å². The van der Waals surface area contributed by atoms with E-state index in [0.29, 0.717) is 0 Å². The molecule has 1 saturated carbocycles. The highest BCUT2D eigenvalue weighted by atomic mass is 16.6. The molecule has 1 aliphatic carbocycles. The molecule has 0 spiro atoms. The molecule has 98 valence electrons. The Bertz CT molecular complexity index is 267. The van der Waals surface area contributed by atoms with Gasteiger partial charge >= 0.3 is 11.9 Å². The van der Waals surface area contributed by atoms with Crippen molar-refractivity contribution >= 4 is 11.9 Å². The summed E-state index contributed by atoms with van der Waals surface area (Å²) in [5, 5.41) is 0. The molecule has 0 aromatic carbocycles. The van der Waals surface area contributed by atoms with Gasteiger partial charge in [-0.1, -0.05) is 20.3 Å². The van der Waals surface area contributed by atoms with Crippen molar-refractivity contribution in [2.24, 2.45) is 5.92 Å². The van der Waals surface area contributed by atoms with Crippen molar-refractivity contribution in [3.05, 3.63) is 0 Å². The van der Waals surface area contributed by atoms with Crippen molar-refractivity contribution in [3.63, 3.8) is 0 Å². The first-order chi connectivity index (χ1) is 8.00. The summed E-state index contributed by atoms with van der Waals surface area (Å²) < 4.78 is 10.3. The molecular weight excluding hydrogens is 220 g/mol. The lowest BCUT2D eigenvalue weighted by Gasteiger charge is -2.23. The van der Waals surface area contributed by atoms with Crippen LogP contribution < -0.4 is 0 Å². The molecule has 0 amide bonds. The zero-order valence-electron chi connectivity index (χ0n) is 10.9. The van der Waals surface area contributed by atoms with Crippen LogP contribution in [-0.4, -0.2) is 24.1 Å². The van der Waals surface area contributed by atoms with Crippen molar-refractivity contribution in [2.45, 2.75) is 65.1 Å². The number of carbonyl (C=O) groups is 2. The highest BCUT2D eigenvalue weighted by Crippen LogP contribution is 2.21. The molecule has 0 bridgehead atoms. The van der Waals surface area contributed by atoms with Gasteiger partial charge in [0.15, 0.2) is 6.10 Å². The number of rotatable bonds is 4. The van der Waals surface area contributed by atoms with Crippen molar-refractivity contribution in [2.75, 3.05) is 0 Å². The van der Waals surface area contributed by atoms with Crippen molar-refractivity contribution in [1.82, 2.24) is 0 Å². The summed E-state index contributed by atoms with van der Waals surface area (Å²) in [4.78, 5) is 23.0. The molecule has 0 aromatic heterocycles. The lowest BCUT2D eigenvalue weighted by atomic mass is 9.98. The third-order valence-electron chi connectivity index (χ3n) is 2.93. The van der Waals surface area contributed by atoms with Crippen molar-refractivity contribution in [3.8, 4) is 0 Å². The maximum absolute atomic E-state index is 11.7. The average molecular weight is 242 g/mol. The largest absolute Gasteiger partial charge is 0.460 e. The van der Waals surface area contributed by atoms with Crippen LogP contribution in [0.3, 0.4) is 0 Å². The second kappa shape index (κ2) is 6.62. The van der Waals surface area contributed by atoms with Crippen LogP contribution in [0.25, 0.3) is 0 Å². The Labute approximate surface area is 103 Å². The Balaban J connectivity index is 2.33. The van der Waals surface area contributed by atoms with E-state index in [1.165, 1.54) is 6.42 Å². The Morgan fingerprint density at radius 1 is 1.00 bits per heavy atom. The fourth-order valence-corrected chi connectivity index (χ4v) is 1.80. The van der Waals surface area contributed by atoms with E-state index in [-0.39, 0.29) is 18.0 Å². The van der Waals surface area contributed by atoms with Gasteiger partial charge in [0.1, 0.15) is 6.10 Å². The fraction of sp³-hybridized carbons (Fsp3) is 0.846. The molecule has 0 heterocycles. The monoisotopic (exact) mass is 242 g/mol. The number of esters is 2. The smallest absolute Gasteiger partial charge is 0.347 e. The second-order valence-electron chi connectivity index (χ2n) is 4.93. The Morgan fingerprint density at radius 2 is 1.59 bits per heavy atom. The van der Waals surface area contributed by atoms with Crippen LogP contribution in [0, 0.1) is 5.92 Å². The Morgan fingerprint density at radius 3 is 2.12 bits per heavy atom. The first kappa shape index (κ1) is 14.0.